The fourth-order valence-electron chi connectivity index (χ4n) is 8.00. The number of carbonyl (C=O) groups is 2. The molecule has 0 aliphatic heterocycles. The number of hydrogen-bond donors (Lipinski definition) is 2. The van der Waals surface area contributed by atoms with Gasteiger partial charge in [-0.15, -0.1) is 0 Å². The Labute approximate surface area is 372 Å². The first kappa shape index (κ1) is 47.8. The number of nitrogens with one attached hydrogen (secondary N) is 2. The molecule has 1 saturated carbocycles. The summed E-state index contributed by atoms with van der Waals surface area (Å²) in [7, 11) is 0. The molecule has 0 radical (unpaired) electrons. The molecule has 2 aromatic heterocycles. The van der Waals surface area contributed by atoms with Gasteiger partial charge in [-0.1, -0.05) is 138 Å². The number of aromatic nitrogens is 2. The van der Waals surface area contributed by atoms with Crippen LogP contribution in [-0.2, 0) is 9.59 Å². The van der Waals surface area contributed by atoms with Crippen LogP contribution in [0.15, 0.2) is 97.6 Å². The van der Waals surface area contributed by atoms with Crippen LogP contribution in [-0.4, -0.2) is 47.1 Å². The summed E-state index contributed by atoms with van der Waals surface area (Å²) in [5, 5.41) is 6.55. The molecule has 332 valence electrons. The fraction of sp³-hybridized carbons (Fsp3) is 0.481. The molecule has 8 heteroatoms. The standard InChI is InChI=1S/C54H72N4O4/c59-53(21-13-9-5-1-3-7-11-17-43-61-49-31-27-45(28-32-49)23-25-47-35-39-55-40-36-47)57-51-19-15-16-20-52(51)58-54(60)22-14-10-6-2-4-8-12-18-44-62-50-33-29-46(30-34-50)24-26-48-37-41-56-42-38-48/h23-42,51-52H,1-22,43-44H2,(H,57,59)(H,58,60)/b25-23+,26-24+/t51-,52-/m0/s1. The van der Waals surface area contributed by atoms with E-state index in [0.29, 0.717) is 12.8 Å². The molecule has 2 N–H and O–H groups in total. The second-order valence-electron chi connectivity index (χ2n) is 16.9. The molecule has 2 aromatic carbocycles. The van der Waals surface area contributed by atoms with Gasteiger partial charge in [-0.3, -0.25) is 19.6 Å². The highest BCUT2D eigenvalue weighted by Gasteiger charge is 2.27. The van der Waals surface area contributed by atoms with Crippen LogP contribution >= 0.6 is 0 Å². The summed E-state index contributed by atoms with van der Waals surface area (Å²) in [6.45, 7) is 1.50. The number of unbranched alkanes of at least 4 members (excludes halogenated alkanes) is 14. The highest BCUT2D eigenvalue weighted by atomic mass is 16.5. The normalized spacial score (nSPS) is 15.2. The van der Waals surface area contributed by atoms with Gasteiger partial charge in [0.1, 0.15) is 11.5 Å². The van der Waals surface area contributed by atoms with Crippen molar-refractivity contribution in [2.75, 3.05) is 13.2 Å². The molecule has 8 nitrogen and oxygen atoms in total. The smallest absolute Gasteiger partial charge is 0.220 e. The molecule has 4 aromatic rings. The van der Waals surface area contributed by atoms with Crippen molar-refractivity contribution in [3.05, 3.63) is 120 Å². The molecular weight excluding hydrogens is 769 g/mol. The quantitative estimate of drug-likeness (QED) is 0.0507. The number of hydrogen-bond acceptors (Lipinski definition) is 6. The van der Waals surface area contributed by atoms with Gasteiger partial charge in [0.05, 0.1) is 13.2 Å². The Balaban J connectivity index is 0.788. The van der Waals surface area contributed by atoms with E-state index < -0.39 is 0 Å². The predicted molar refractivity (Wildman–Crippen MR) is 256 cm³/mol. The number of nitrogens with zero attached hydrogens (tertiary/aromatic N) is 2. The Morgan fingerprint density at radius 3 is 1.10 bits per heavy atom. The second-order valence-corrected chi connectivity index (χ2v) is 16.9. The predicted octanol–water partition coefficient (Wildman–Crippen LogP) is 12.8. The van der Waals surface area contributed by atoms with E-state index in [1.165, 1.54) is 64.2 Å². The SMILES string of the molecule is O=C(CCCCCCCCCCOc1ccc(/C=C/c2ccncc2)cc1)N[C@H]1CCCC[C@@H]1NC(=O)CCCCCCCCCCOc1ccc(/C=C/c2ccncc2)cc1. The van der Waals surface area contributed by atoms with Crippen LogP contribution in [0.3, 0.4) is 0 Å². The van der Waals surface area contributed by atoms with Crippen molar-refractivity contribution < 1.29 is 19.1 Å². The van der Waals surface area contributed by atoms with Crippen molar-refractivity contribution in [1.29, 1.82) is 0 Å². The zero-order valence-corrected chi connectivity index (χ0v) is 37.2. The summed E-state index contributed by atoms with van der Waals surface area (Å²) in [5.41, 5.74) is 4.56. The van der Waals surface area contributed by atoms with Crippen LogP contribution in [0.1, 0.15) is 164 Å². The first-order valence-electron chi connectivity index (χ1n) is 23.8. The van der Waals surface area contributed by atoms with Crippen LogP contribution in [0.4, 0.5) is 0 Å². The van der Waals surface area contributed by atoms with E-state index >= 15 is 0 Å². The third kappa shape index (κ3) is 20.5. The van der Waals surface area contributed by atoms with E-state index in [9.17, 15) is 9.59 Å². The Morgan fingerprint density at radius 2 is 0.742 bits per heavy atom. The van der Waals surface area contributed by atoms with Crippen molar-refractivity contribution >= 4 is 36.1 Å². The maximum absolute atomic E-state index is 12.8. The minimum absolute atomic E-state index is 0.0561. The summed E-state index contributed by atoms with van der Waals surface area (Å²) < 4.78 is 11.9. The molecule has 0 bridgehead atoms. The molecule has 0 spiro atoms. The van der Waals surface area contributed by atoms with Gasteiger partial charge in [-0.25, -0.2) is 0 Å². The van der Waals surface area contributed by atoms with E-state index in [0.717, 1.165) is 111 Å². The monoisotopic (exact) mass is 841 g/mol. The number of carbonyl (C=O) groups excluding carboxylic acids is 2. The molecule has 1 aliphatic rings. The molecule has 1 fully saturated rings. The summed E-state index contributed by atoms with van der Waals surface area (Å²) in [5.74, 6) is 2.11. The molecule has 1 aliphatic carbocycles. The summed E-state index contributed by atoms with van der Waals surface area (Å²) in [4.78, 5) is 33.8. The van der Waals surface area contributed by atoms with Crippen LogP contribution in [0.2, 0.25) is 0 Å². The number of ether oxygens (including phenoxy) is 2. The third-order valence-electron chi connectivity index (χ3n) is 11.7. The summed E-state index contributed by atoms with van der Waals surface area (Å²) in [6, 6.07) is 24.6. The van der Waals surface area contributed by atoms with E-state index in [4.69, 9.17) is 9.47 Å². The second kappa shape index (κ2) is 29.9. The van der Waals surface area contributed by atoms with E-state index in [2.05, 4.69) is 69.2 Å². The minimum Gasteiger partial charge on any atom is -0.494 e. The maximum Gasteiger partial charge on any atom is 0.220 e. The lowest BCUT2D eigenvalue weighted by atomic mass is 9.90. The van der Waals surface area contributed by atoms with Gasteiger partial charge >= 0.3 is 0 Å². The maximum atomic E-state index is 12.8. The molecule has 2 amide bonds. The highest BCUT2D eigenvalue weighted by Crippen LogP contribution is 2.21. The van der Waals surface area contributed by atoms with Gasteiger partial charge in [-0.05, 0) is 109 Å². The van der Waals surface area contributed by atoms with E-state index in [1.807, 2.05) is 48.5 Å². The molecule has 5 rings (SSSR count). The first-order valence-corrected chi connectivity index (χ1v) is 23.8. The van der Waals surface area contributed by atoms with E-state index in [-0.39, 0.29) is 23.9 Å². The average Bonchev–Trinajstić information content (AvgIpc) is 3.30. The minimum atomic E-state index is 0.0561. The van der Waals surface area contributed by atoms with Crippen molar-refractivity contribution in [3.63, 3.8) is 0 Å². The third-order valence-corrected chi connectivity index (χ3v) is 11.7. The van der Waals surface area contributed by atoms with Crippen LogP contribution in [0.5, 0.6) is 11.5 Å². The zero-order chi connectivity index (χ0) is 43.1. The average molecular weight is 841 g/mol. The van der Waals surface area contributed by atoms with Crippen molar-refractivity contribution in [1.82, 2.24) is 20.6 Å². The molecule has 0 saturated heterocycles. The first-order chi connectivity index (χ1) is 30.6. The Hall–Kier alpha value is -5.24. The van der Waals surface area contributed by atoms with Crippen molar-refractivity contribution in [3.8, 4) is 11.5 Å². The Kier molecular flexibility index (Phi) is 23.1. The number of amides is 2. The Bertz CT molecular complexity index is 1710. The number of benzene rings is 2. The van der Waals surface area contributed by atoms with Crippen LogP contribution in [0.25, 0.3) is 24.3 Å². The summed E-state index contributed by atoms with van der Waals surface area (Å²) >= 11 is 0. The molecule has 2 heterocycles. The van der Waals surface area contributed by atoms with E-state index in [1.54, 1.807) is 24.8 Å². The zero-order valence-electron chi connectivity index (χ0n) is 37.2. The fourth-order valence-corrected chi connectivity index (χ4v) is 8.00. The molecule has 0 unspecified atom stereocenters. The lowest BCUT2D eigenvalue weighted by molar-refractivity contribution is -0.125. The van der Waals surface area contributed by atoms with Crippen LogP contribution < -0.4 is 20.1 Å². The van der Waals surface area contributed by atoms with Gasteiger partial charge in [-0.2, -0.15) is 0 Å². The topological polar surface area (TPSA) is 102 Å². The van der Waals surface area contributed by atoms with Crippen molar-refractivity contribution in [2.24, 2.45) is 0 Å². The number of rotatable bonds is 30. The van der Waals surface area contributed by atoms with Gasteiger partial charge in [0.15, 0.2) is 0 Å². The van der Waals surface area contributed by atoms with Crippen LogP contribution in [0, 0.1) is 0 Å². The molecule has 62 heavy (non-hydrogen) atoms. The van der Waals surface area contributed by atoms with Gasteiger partial charge in [0, 0.05) is 49.7 Å². The van der Waals surface area contributed by atoms with Gasteiger partial charge < -0.3 is 20.1 Å². The highest BCUT2D eigenvalue weighted by molar-refractivity contribution is 5.78. The molecule has 2 atom stereocenters. The Morgan fingerprint density at radius 1 is 0.435 bits per heavy atom. The summed E-state index contributed by atoms with van der Waals surface area (Å²) in [6.07, 6.45) is 39.1. The van der Waals surface area contributed by atoms with Gasteiger partial charge in [0.2, 0.25) is 11.8 Å². The lowest BCUT2D eigenvalue weighted by Gasteiger charge is -2.33. The largest absolute Gasteiger partial charge is 0.494 e. The van der Waals surface area contributed by atoms with Crippen molar-refractivity contribution in [2.45, 2.75) is 153 Å². The molecular formula is C54H72N4O4. The van der Waals surface area contributed by atoms with Gasteiger partial charge in [0.25, 0.3) is 0 Å². The lowest BCUT2D eigenvalue weighted by Crippen LogP contribution is -2.53. The number of pyridine rings is 2.